The van der Waals surface area contributed by atoms with E-state index < -0.39 is 0 Å². The maximum Gasteiger partial charge on any atom is 0.188 e. The maximum atomic E-state index is 10.5. The molecule has 238 valence electrons. The summed E-state index contributed by atoms with van der Waals surface area (Å²) < 4.78 is 4.31. The quantitative estimate of drug-likeness (QED) is 0.176. The average Bonchev–Trinajstić information content (AvgIpc) is 3.72. The van der Waals surface area contributed by atoms with Gasteiger partial charge in [-0.2, -0.15) is 15.8 Å². The second-order valence-corrected chi connectivity index (χ2v) is 12.6. The molecule has 6 heteroatoms. The van der Waals surface area contributed by atoms with Crippen LogP contribution in [0.1, 0.15) is 16.7 Å². The van der Waals surface area contributed by atoms with E-state index >= 15 is 0 Å². The van der Waals surface area contributed by atoms with Crippen molar-refractivity contribution in [2.24, 2.45) is 0 Å². The van der Waals surface area contributed by atoms with Crippen LogP contribution >= 0.6 is 0 Å². The van der Waals surface area contributed by atoms with Crippen molar-refractivity contribution >= 4 is 49.3 Å². The van der Waals surface area contributed by atoms with Crippen LogP contribution in [0.25, 0.3) is 82.1 Å². The Morgan fingerprint density at radius 3 is 1.73 bits per heavy atom. The van der Waals surface area contributed by atoms with Crippen LogP contribution in [0.2, 0.25) is 0 Å². The number of fused-ring (bicyclic) bond motifs is 6. The normalized spacial score (nSPS) is 11.0. The summed E-state index contributed by atoms with van der Waals surface area (Å²) in [6.45, 7) is 7.70. The molecule has 0 aliphatic heterocycles. The Bertz CT molecular complexity index is 2990. The number of hydrogen-bond acceptors (Lipinski definition) is 3. The van der Waals surface area contributed by atoms with Gasteiger partial charge < -0.3 is 9.13 Å². The molecular formula is C46H24N6. The van der Waals surface area contributed by atoms with E-state index in [-0.39, 0.29) is 0 Å². The van der Waals surface area contributed by atoms with Gasteiger partial charge >= 0.3 is 0 Å². The van der Waals surface area contributed by atoms with Crippen molar-refractivity contribution in [1.29, 1.82) is 15.8 Å². The Morgan fingerprint density at radius 1 is 0.462 bits per heavy atom. The Labute approximate surface area is 298 Å². The second kappa shape index (κ2) is 11.9. The lowest BCUT2D eigenvalue weighted by atomic mass is 9.90. The van der Waals surface area contributed by atoms with Crippen molar-refractivity contribution in [3.05, 3.63) is 174 Å². The van der Waals surface area contributed by atoms with Crippen molar-refractivity contribution in [3.8, 4) is 51.8 Å². The first-order valence-corrected chi connectivity index (χ1v) is 16.6. The molecule has 0 aliphatic rings. The van der Waals surface area contributed by atoms with Gasteiger partial charge in [-0.1, -0.05) is 72.8 Å². The largest absolute Gasteiger partial charge is 0.309 e. The number of nitrogens with zero attached hydrogens (tertiary/aromatic N) is 6. The molecule has 0 bridgehead atoms. The minimum atomic E-state index is 0.451. The summed E-state index contributed by atoms with van der Waals surface area (Å²) in [6, 6.07) is 54.5. The van der Waals surface area contributed by atoms with Crippen molar-refractivity contribution in [3.63, 3.8) is 0 Å². The SMILES string of the molecule is [C-]#[N+]c1ccc2c(c1)c1cc(C#N)ccc1n2-c1cc(C#N)cc(-c2cc(C#N)cc(-n3c4ccccc4c4ccccc43)c2)c1-c1ccccc1. The van der Waals surface area contributed by atoms with Crippen molar-refractivity contribution in [2.75, 3.05) is 0 Å². The van der Waals surface area contributed by atoms with Crippen LogP contribution < -0.4 is 0 Å². The Balaban J connectivity index is 1.41. The summed E-state index contributed by atoms with van der Waals surface area (Å²) in [5.41, 5.74) is 10.7. The zero-order valence-electron chi connectivity index (χ0n) is 27.5. The van der Waals surface area contributed by atoms with Crippen LogP contribution in [-0.2, 0) is 0 Å². The lowest BCUT2D eigenvalue weighted by molar-refractivity contribution is 1.17. The van der Waals surface area contributed by atoms with Crippen LogP contribution in [0.5, 0.6) is 0 Å². The number of rotatable bonds is 4. The fourth-order valence-corrected chi connectivity index (χ4v) is 7.57. The highest BCUT2D eigenvalue weighted by atomic mass is 15.0. The van der Waals surface area contributed by atoms with Gasteiger partial charge in [0.15, 0.2) is 5.69 Å². The van der Waals surface area contributed by atoms with Crippen LogP contribution in [0.3, 0.4) is 0 Å². The molecule has 0 unspecified atom stereocenters. The average molecular weight is 661 g/mol. The van der Waals surface area contributed by atoms with E-state index in [2.05, 4.69) is 74.7 Å². The third kappa shape index (κ3) is 4.62. The molecule has 9 aromatic rings. The number of nitriles is 3. The standard InChI is InChI=1S/C46H24N6/c1-50-34-16-18-44-40(25-34)39-21-29(26-47)15-17-43(39)52(44)45-23-31(28-49)22-38(46(45)32-9-3-2-4-10-32)33-19-30(27-48)20-35(24-33)51-41-13-7-5-11-36(41)37-12-6-8-14-42(37)51/h2-25H. The van der Waals surface area contributed by atoms with E-state index in [1.54, 1.807) is 12.1 Å². The first-order chi connectivity index (χ1) is 25.6. The van der Waals surface area contributed by atoms with Crippen LogP contribution in [0.4, 0.5) is 5.69 Å². The number of benzene rings is 7. The first kappa shape index (κ1) is 30.2. The lowest BCUT2D eigenvalue weighted by Crippen LogP contribution is -2.02. The summed E-state index contributed by atoms with van der Waals surface area (Å²) in [6.07, 6.45) is 0. The van der Waals surface area contributed by atoms with Gasteiger partial charge in [0.1, 0.15) is 0 Å². The Morgan fingerprint density at radius 2 is 1.06 bits per heavy atom. The highest BCUT2D eigenvalue weighted by Crippen LogP contribution is 2.44. The third-order valence-electron chi connectivity index (χ3n) is 9.75. The van der Waals surface area contributed by atoms with Gasteiger partial charge in [-0.05, 0) is 94.9 Å². The molecule has 0 amide bonds. The van der Waals surface area contributed by atoms with Crippen LogP contribution in [-0.4, -0.2) is 9.13 Å². The smallest absolute Gasteiger partial charge is 0.188 e. The summed E-state index contributed by atoms with van der Waals surface area (Å²) >= 11 is 0. The topological polar surface area (TPSA) is 85.6 Å². The van der Waals surface area contributed by atoms with Crippen molar-refractivity contribution in [1.82, 2.24) is 9.13 Å². The van der Waals surface area contributed by atoms with Crippen LogP contribution in [0.15, 0.2) is 146 Å². The summed E-state index contributed by atoms with van der Waals surface area (Å²) in [5, 5.41) is 34.6. The molecule has 0 radical (unpaired) electrons. The predicted octanol–water partition coefficient (Wildman–Crippen LogP) is 11.4. The number of hydrogen-bond donors (Lipinski definition) is 0. The van der Waals surface area contributed by atoms with Crippen molar-refractivity contribution in [2.45, 2.75) is 0 Å². The third-order valence-corrected chi connectivity index (χ3v) is 9.75. The molecule has 0 atom stereocenters. The van der Waals surface area contributed by atoms with Gasteiger partial charge in [0.05, 0.1) is 69.2 Å². The molecule has 0 saturated carbocycles. The molecule has 2 heterocycles. The fourth-order valence-electron chi connectivity index (χ4n) is 7.57. The Hall–Kier alpha value is -7.90. The molecule has 0 saturated heterocycles. The van der Waals surface area contributed by atoms with Gasteiger partial charge in [0.25, 0.3) is 0 Å². The molecule has 9 rings (SSSR count). The molecule has 0 fully saturated rings. The second-order valence-electron chi connectivity index (χ2n) is 12.6. The van der Waals surface area contributed by atoms with E-state index in [4.69, 9.17) is 6.57 Å². The predicted molar refractivity (Wildman–Crippen MR) is 206 cm³/mol. The minimum absolute atomic E-state index is 0.451. The molecular weight excluding hydrogens is 637 g/mol. The highest BCUT2D eigenvalue weighted by molar-refractivity contribution is 6.12. The van der Waals surface area contributed by atoms with Gasteiger partial charge in [-0.25, -0.2) is 4.85 Å². The van der Waals surface area contributed by atoms with E-state index in [1.807, 2.05) is 91.0 Å². The Kier molecular flexibility index (Phi) is 6.91. The minimum Gasteiger partial charge on any atom is -0.309 e. The molecule has 0 N–H and O–H groups in total. The molecule has 0 aliphatic carbocycles. The number of para-hydroxylation sites is 2. The summed E-state index contributed by atoms with van der Waals surface area (Å²) in [5.74, 6) is 0. The molecule has 0 spiro atoms. The summed E-state index contributed by atoms with van der Waals surface area (Å²) in [7, 11) is 0. The maximum absolute atomic E-state index is 10.5. The number of aromatic nitrogens is 2. The molecule has 6 nitrogen and oxygen atoms in total. The fraction of sp³-hybridized carbons (Fsp3) is 0. The van der Waals surface area contributed by atoms with E-state index in [1.165, 1.54) is 0 Å². The van der Waals surface area contributed by atoms with Crippen LogP contribution in [0, 0.1) is 40.6 Å². The first-order valence-electron chi connectivity index (χ1n) is 16.6. The summed E-state index contributed by atoms with van der Waals surface area (Å²) in [4.78, 5) is 3.69. The van der Waals surface area contributed by atoms with E-state index in [0.29, 0.717) is 22.4 Å². The van der Waals surface area contributed by atoms with Gasteiger partial charge in [-0.3, -0.25) is 0 Å². The molecule has 52 heavy (non-hydrogen) atoms. The molecule has 2 aromatic heterocycles. The van der Waals surface area contributed by atoms with Gasteiger partial charge in [-0.15, -0.1) is 0 Å². The van der Waals surface area contributed by atoms with E-state index in [0.717, 1.165) is 77.2 Å². The zero-order chi connectivity index (χ0) is 35.3. The van der Waals surface area contributed by atoms with Crippen molar-refractivity contribution < 1.29 is 0 Å². The lowest BCUT2D eigenvalue weighted by Gasteiger charge is -2.20. The zero-order valence-corrected chi connectivity index (χ0v) is 27.5. The monoisotopic (exact) mass is 660 g/mol. The molecule has 7 aromatic carbocycles. The van der Waals surface area contributed by atoms with E-state index in [9.17, 15) is 15.8 Å². The highest BCUT2D eigenvalue weighted by Gasteiger charge is 2.22. The van der Waals surface area contributed by atoms with Gasteiger partial charge in [0.2, 0.25) is 0 Å². The van der Waals surface area contributed by atoms with Gasteiger partial charge in [0, 0.05) is 27.4 Å².